The van der Waals surface area contributed by atoms with Crippen molar-refractivity contribution >= 4 is 33.3 Å². The number of aromatic nitrogens is 2. The number of rotatable bonds is 4. The molecule has 0 amide bonds. The maximum atomic E-state index is 5.90. The highest BCUT2D eigenvalue weighted by atomic mass is 79.9. The molecule has 1 aromatic carbocycles. The van der Waals surface area contributed by atoms with Crippen LogP contribution in [0.15, 0.2) is 35.1 Å². The fourth-order valence-corrected chi connectivity index (χ4v) is 1.96. The van der Waals surface area contributed by atoms with Crippen molar-refractivity contribution in [3.8, 4) is 11.6 Å². The molecule has 0 aliphatic rings. The quantitative estimate of drug-likeness (QED) is 0.917. The highest BCUT2D eigenvalue weighted by molar-refractivity contribution is 9.10. The highest BCUT2D eigenvalue weighted by Gasteiger charge is 2.10. The zero-order valence-electron chi connectivity index (χ0n) is 9.65. The highest BCUT2D eigenvalue weighted by Crippen LogP contribution is 2.32. The van der Waals surface area contributed by atoms with Crippen LogP contribution in [0.1, 0.15) is 6.92 Å². The average Bonchev–Trinajstić information content (AvgIpc) is 2.35. The predicted octanol–water partition coefficient (Wildman–Crippen LogP) is 4.12. The van der Waals surface area contributed by atoms with Gasteiger partial charge in [0.25, 0.3) is 0 Å². The maximum Gasteiger partial charge on any atom is 0.238 e. The third-order valence-corrected chi connectivity index (χ3v) is 3.06. The first-order chi connectivity index (χ1) is 8.70. The van der Waals surface area contributed by atoms with E-state index in [2.05, 4.69) is 31.2 Å². The van der Waals surface area contributed by atoms with E-state index in [9.17, 15) is 0 Å². The first-order valence-electron chi connectivity index (χ1n) is 5.38. The SMILES string of the molecule is CCNc1ncnc(Oc2cccc(Cl)c2)c1Br. The van der Waals surface area contributed by atoms with E-state index in [0.29, 0.717) is 26.9 Å². The van der Waals surface area contributed by atoms with E-state index in [-0.39, 0.29) is 0 Å². The molecule has 0 spiro atoms. The van der Waals surface area contributed by atoms with Gasteiger partial charge >= 0.3 is 0 Å². The molecule has 0 unspecified atom stereocenters. The lowest BCUT2D eigenvalue weighted by atomic mass is 10.3. The Morgan fingerprint density at radius 1 is 1.39 bits per heavy atom. The summed E-state index contributed by atoms with van der Waals surface area (Å²) in [5.41, 5.74) is 0. The van der Waals surface area contributed by atoms with Crippen LogP contribution in [0.5, 0.6) is 11.6 Å². The number of hydrogen-bond acceptors (Lipinski definition) is 4. The molecule has 18 heavy (non-hydrogen) atoms. The largest absolute Gasteiger partial charge is 0.438 e. The molecule has 0 radical (unpaired) electrons. The van der Waals surface area contributed by atoms with Gasteiger partial charge in [0.2, 0.25) is 5.88 Å². The molecule has 0 aliphatic heterocycles. The van der Waals surface area contributed by atoms with Gasteiger partial charge in [-0.05, 0) is 41.1 Å². The number of benzene rings is 1. The molecule has 0 atom stereocenters. The molecule has 0 bridgehead atoms. The van der Waals surface area contributed by atoms with Crippen LogP contribution in [0.25, 0.3) is 0 Å². The summed E-state index contributed by atoms with van der Waals surface area (Å²) in [5, 5.41) is 3.72. The molecular formula is C12H11BrClN3O. The molecule has 0 saturated heterocycles. The lowest BCUT2D eigenvalue weighted by Crippen LogP contribution is -2.02. The third-order valence-electron chi connectivity index (χ3n) is 2.11. The van der Waals surface area contributed by atoms with Crippen LogP contribution in [-0.4, -0.2) is 16.5 Å². The number of anilines is 1. The van der Waals surface area contributed by atoms with Crippen LogP contribution in [0, 0.1) is 0 Å². The fourth-order valence-electron chi connectivity index (χ4n) is 1.36. The van der Waals surface area contributed by atoms with Gasteiger partial charge < -0.3 is 10.1 Å². The Balaban J connectivity index is 2.26. The van der Waals surface area contributed by atoms with Crippen LogP contribution >= 0.6 is 27.5 Å². The van der Waals surface area contributed by atoms with E-state index in [0.717, 1.165) is 6.54 Å². The molecule has 6 heteroatoms. The molecule has 2 aromatic rings. The van der Waals surface area contributed by atoms with Crippen LogP contribution in [-0.2, 0) is 0 Å². The molecule has 1 N–H and O–H groups in total. The van der Waals surface area contributed by atoms with E-state index in [1.807, 2.05) is 19.1 Å². The van der Waals surface area contributed by atoms with Crippen molar-refractivity contribution in [1.29, 1.82) is 0 Å². The second-order valence-corrected chi connectivity index (χ2v) is 4.66. The Labute approximate surface area is 118 Å². The third kappa shape index (κ3) is 3.11. The Morgan fingerprint density at radius 2 is 2.22 bits per heavy atom. The summed E-state index contributed by atoms with van der Waals surface area (Å²) in [6.45, 7) is 2.76. The smallest absolute Gasteiger partial charge is 0.238 e. The Kier molecular flexibility index (Phi) is 4.38. The van der Waals surface area contributed by atoms with Gasteiger partial charge in [-0.25, -0.2) is 9.97 Å². The van der Waals surface area contributed by atoms with Crippen molar-refractivity contribution in [2.75, 3.05) is 11.9 Å². The van der Waals surface area contributed by atoms with Crippen molar-refractivity contribution < 1.29 is 4.74 Å². The summed E-state index contributed by atoms with van der Waals surface area (Å²) in [4.78, 5) is 8.20. The van der Waals surface area contributed by atoms with Crippen LogP contribution in [0.2, 0.25) is 5.02 Å². The minimum Gasteiger partial charge on any atom is -0.438 e. The van der Waals surface area contributed by atoms with Crippen LogP contribution < -0.4 is 10.1 Å². The van der Waals surface area contributed by atoms with Gasteiger partial charge in [-0.15, -0.1) is 0 Å². The van der Waals surface area contributed by atoms with E-state index >= 15 is 0 Å². The van der Waals surface area contributed by atoms with Gasteiger partial charge in [-0.2, -0.15) is 0 Å². The standard InChI is InChI=1S/C12H11BrClN3O/c1-2-15-11-10(13)12(17-7-16-11)18-9-5-3-4-8(14)6-9/h3-7H,2H2,1H3,(H,15,16,17). The van der Waals surface area contributed by atoms with E-state index in [1.54, 1.807) is 12.1 Å². The number of halogens is 2. The number of nitrogens with one attached hydrogen (secondary N) is 1. The summed E-state index contributed by atoms with van der Waals surface area (Å²) in [6.07, 6.45) is 1.45. The summed E-state index contributed by atoms with van der Waals surface area (Å²) >= 11 is 9.31. The van der Waals surface area contributed by atoms with Crippen molar-refractivity contribution in [3.05, 3.63) is 40.1 Å². The Hall–Kier alpha value is -1.33. The minimum atomic E-state index is 0.447. The molecule has 94 valence electrons. The lowest BCUT2D eigenvalue weighted by molar-refractivity contribution is 0.458. The predicted molar refractivity (Wildman–Crippen MR) is 75.4 cm³/mol. The summed E-state index contributed by atoms with van der Waals surface area (Å²) < 4.78 is 6.34. The molecule has 2 rings (SSSR count). The Morgan fingerprint density at radius 3 is 2.94 bits per heavy atom. The van der Waals surface area contributed by atoms with Crippen molar-refractivity contribution in [2.24, 2.45) is 0 Å². The van der Waals surface area contributed by atoms with Crippen LogP contribution in [0.3, 0.4) is 0 Å². The van der Waals surface area contributed by atoms with Gasteiger partial charge in [0, 0.05) is 11.6 Å². The average molecular weight is 329 g/mol. The maximum absolute atomic E-state index is 5.90. The van der Waals surface area contributed by atoms with Gasteiger partial charge in [-0.1, -0.05) is 17.7 Å². The number of hydrogen-bond donors (Lipinski definition) is 1. The summed E-state index contributed by atoms with van der Waals surface area (Å²) in [7, 11) is 0. The van der Waals surface area contributed by atoms with Crippen molar-refractivity contribution in [2.45, 2.75) is 6.92 Å². The van der Waals surface area contributed by atoms with Gasteiger partial charge in [0.15, 0.2) is 0 Å². The fraction of sp³-hybridized carbons (Fsp3) is 0.167. The molecule has 1 heterocycles. The zero-order chi connectivity index (χ0) is 13.0. The second kappa shape index (κ2) is 6.02. The molecule has 1 aromatic heterocycles. The number of nitrogens with zero attached hydrogens (tertiary/aromatic N) is 2. The van der Waals surface area contributed by atoms with Gasteiger partial charge in [0.05, 0.1) is 0 Å². The molecular weight excluding hydrogens is 318 g/mol. The zero-order valence-corrected chi connectivity index (χ0v) is 12.0. The normalized spacial score (nSPS) is 10.2. The molecule has 0 fully saturated rings. The van der Waals surface area contributed by atoms with Crippen molar-refractivity contribution in [1.82, 2.24) is 9.97 Å². The topological polar surface area (TPSA) is 47.0 Å². The number of ether oxygens (including phenoxy) is 1. The van der Waals surface area contributed by atoms with E-state index in [1.165, 1.54) is 6.33 Å². The molecule has 4 nitrogen and oxygen atoms in total. The summed E-state index contributed by atoms with van der Waals surface area (Å²) in [5.74, 6) is 1.78. The van der Waals surface area contributed by atoms with Gasteiger partial charge in [-0.3, -0.25) is 0 Å². The van der Waals surface area contributed by atoms with Crippen LogP contribution in [0.4, 0.5) is 5.82 Å². The molecule has 0 saturated carbocycles. The lowest BCUT2D eigenvalue weighted by Gasteiger charge is -2.09. The Bertz CT molecular complexity index is 551. The first-order valence-corrected chi connectivity index (χ1v) is 6.55. The van der Waals surface area contributed by atoms with Crippen molar-refractivity contribution in [3.63, 3.8) is 0 Å². The van der Waals surface area contributed by atoms with E-state index < -0.39 is 0 Å². The monoisotopic (exact) mass is 327 g/mol. The molecule has 0 aliphatic carbocycles. The first kappa shape index (κ1) is 13.1. The summed E-state index contributed by atoms with van der Waals surface area (Å²) in [6, 6.07) is 7.14. The van der Waals surface area contributed by atoms with E-state index in [4.69, 9.17) is 16.3 Å². The second-order valence-electron chi connectivity index (χ2n) is 3.43. The van der Waals surface area contributed by atoms with Gasteiger partial charge in [0.1, 0.15) is 22.4 Å². The minimum absolute atomic E-state index is 0.447.